The minimum absolute atomic E-state index is 0.0914. The summed E-state index contributed by atoms with van der Waals surface area (Å²) in [6.07, 6.45) is 1.73. The van der Waals surface area contributed by atoms with Crippen LogP contribution >= 0.6 is 10.7 Å². The van der Waals surface area contributed by atoms with Gasteiger partial charge in [-0.15, -0.1) is 0 Å². The van der Waals surface area contributed by atoms with Crippen LogP contribution in [0.25, 0.3) is 0 Å². The quantitative estimate of drug-likeness (QED) is 0.709. The molecule has 0 aromatic carbocycles. The molecule has 16 heavy (non-hydrogen) atoms. The second-order valence-corrected chi connectivity index (χ2v) is 7.05. The van der Waals surface area contributed by atoms with Crippen LogP contribution in [0.4, 0.5) is 0 Å². The van der Waals surface area contributed by atoms with Crippen molar-refractivity contribution in [3.8, 4) is 0 Å². The van der Waals surface area contributed by atoms with Gasteiger partial charge in [0.15, 0.2) is 0 Å². The molecule has 1 saturated heterocycles. The molecule has 1 fully saturated rings. The highest BCUT2D eigenvalue weighted by Gasteiger charge is 2.39. The van der Waals surface area contributed by atoms with E-state index in [9.17, 15) is 8.42 Å². The lowest BCUT2D eigenvalue weighted by Crippen LogP contribution is -2.53. The van der Waals surface area contributed by atoms with Crippen LogP contribution in [0.2, 0.25) is 0 Å². The van der Waals surface area contributed by atoms with Gasteiger partial charge < -0.3 is 9.64 Å². The summed E-state index contributed by atoms with van der Waals surface area (Å²) in [7, 11) is 1.84. The lowest BCUT2D eigenvalue weighted by atomic mass is 9.94. The summed E-state index contributed by atoms with van der Waals surface area (Å²) in [4.78, 5) is 2.21. The molecule has 0 radical (unpaired) electrons. The van der Waals surface area contributed by atoms with Crippen molar-refractivity contribution in [1.82, 2.24) is 4.90 Å². The van der Waals surface area contributed by atoms with Crippen molar-refractivity contribution >= 4 is 19.7 Å². The van der Waals surface area contributed by atoms with E-state index in [0.717, 1.165) is 25.9 Å². The molecular formula is C10H20ClNO3S. The minimum Gasteiger partial charge on any atom is -0.373 e. The highest BCUT2D eigenvalue weighted by molar-refractivity contribution is 8.13. The maximum absolute atomic E-state index is 11.2. The SMILES string of the molecule is CCOC1(CS(=O)(=O)Cl)CCCN(CC)C1. The van der Waals surface area contributed by atoms with Gasteiger partial charge in [0.1, 0.15) is 0 Å². The van der Waals surface area contributed by atoms with E-state index in [2.05, 4.69) is 11.8 Å². The molecule has 0 aliphatic carbocycles. The average molecular weight is 270 g/mol. The number of nitrogens with zero attached hydrogens (tertiary/aromatic N) is 1. The Labute approximate surface area is 102 Å². The van der Waals surface area contributed by atoms with E-state index in [-0.39, 0.29) is 5.75 Å². The van der Waals surface area contributed by atoms with Gasteiger partial charge in [-0.1, -0.05) is 6.92 Å². The third kappa shape index (κ3) is 4.20. The molecule has 0 aromatic heterocycles. The summed E-state index contributed by atoms with van der Waals surface area (Å²) in [5.74, 6) is -0.0914. The average Bonchev–Trinajstić information content (AvgIpc) is 2.15. The third-order valence-electron chi connectivity index (χ3n) is 2.95. The van der Waals surface area contributed by atoms with Crippen LogP contribution in [-0.2, 0) is 13.8 Å². The zero-order chi connectivity index (χ0) is 12.2. The Bertz CT molecular complexity index is 316. The summed E-state index contributed by atoms with van der Waals surface area (Å²) < 4.78 is 28.2. The molecule has 1 unspecified atom stereocenters. The molecule has 1 aliphatic heterocycles. The van der Waals surface area contributed by atoms with E-state index < -0.39 is 14.7 Å². The monoisotopic (exact) mass is 269 g/mol. The van der Waals surface area contributed by atoms with Gasteiger partial charge in [0.05, 0.1) is 11.4 Å². The second-order valence-electron chi connectivity index (χ2n) is 4.27. The lowest BCUT2D eigenvalue weighted by Gasteiger charge is -2.41. The van der Waals surface area contributed by atoms with Crippen LogP contribution in [0.1, 0.15) is 26.7 Å². The summed E-state index contributed by atoms with van der Waals surface area (Å²) in [6, 6.07) is 0. The van der Waals surface area contributed by atoms with Gasteiger partial charge in [-0.25, -0.2) is 8.42 Å². The molecular weight excluding hydrogens is 250 g/mol. The van der Waals surface area contributed by atoms with E-state index in [1.54, 1.807) is 0 Å². The number of likely N-dealkylation sites (N-methyl/N-ethyl adjacent to an activating group) is 1. The zero-order valence-electron chi connectivity index (χ0n) is 9.91. The largest absolute Gasteiger partial charge is 0.373 e. The molecule has 1 heterocycles. The first-order chi connectivity index (χ1) is 7.41. The Hall–Kier alpha value is 0.160. The van der Waals surface area contributed by atoms with Crippen molar-refractivity contribution in [3.63, 3.8) is 0 Å². The Morgan fingerprint density at radius 1 is 1.44 bits per heavy atom. The van der Waals surface area contributed by atoms with Crippen molar-refractivity contribution in [2.75, 3.05) is 32.0 Å². The first kappa shape index (κ1) is 14.2. The first-order valence-corrected chi connectivity index (χ1v) is 8.17. The molecule has 0 bridgehead atoms. The molecule has 1 atom stereocenters. The highest BCUT2D eigenvalue weighted by atomic mass is 35.7. The summed E-state index contributed by atoms with van der Waals surface area (Å²) in [5.41, 5.74) is -0.608. The summed E-state index contributed by atoms with van der Waals surface area (Å²) in [5, 5.41) is 0. The molecule has 96 valence electrons. The zero-order valence-corrected chi connectivity index (χ0v) is 11.5. The topological polar surface area (TPSA) is 46.6 Å². The van der Waals surface area contributed by atoms with Crippen LogP contribution in [0.15, 0.2) is 0 Å². The van der Waals surface area contributed by atoms with Crippen LogP contribution in [0.5, 0.6) is 0 Å². The molecule has 0 saturated carbocycles. The number of ether oxygens (including phenoxy) is 1. The van der Waals surface area contributed by atoms with Crippen molar-refractivity contribution in [2.45, 2.75) is 32.3 Å². The van der Waals surface area contributed by atoms with Crippen LogP contribution in [0, 0.1) is 0 Å². The number of piperidine rings is 1. The number of hydrogen-bond acceptors (Lipinski definition) is 4. The first-order valence-electron chi connectivity index (χ1n) is 5.69. The minimum atomic E-state index is -3.52. The van der Waals surface area contributed by atoms with Gasteiger partial charge in [0, 0.05) is 23.8 Å². The molecule has 0 amide bonds. The van der Waals surface area contributed by atoms with Crippen LogP contribution in [-0.4, -0.2) is 50.9 Å². The van der Waals surface area contributed by atoms with Gasteiger partial charge in [0.2, 0.25) is 9.05 Å². The van der Waals surface area contributed by atoms with E-state index >= 15 is 0 Å². The van der Waals surface area contributed by atoms with Gasteiger partial charge in [-0.05, 0) is 32.9 Å². The van der Waals surface area contributed by atoms with Crippen molar-refractivity contribution in [2.24, 2.45) is 0 Å². The van der Waals surface area contributed by atoms with Crippen molar-refractivity contribution in [3.05, 3.63) is 0 Å². The van der Waals surface area contributed by atoms with Crippen LogP contribution in [0.3, 0.4) is 0 Å². The van der Waals surface area contributed by atoms with E-state index in [1.165, 1.54) is 0 Å². The second kappa shape index (κ2) is 5.67. The molecule has 0 spiro atoms. The fourth-order valence-corrected chi connectivity index (χ4v) is 3.90. The summed E-state index contributed by atoms with van der Waals surface area (Å²) in [6.45, 7) is 7.04. The predicted octanol–water partition coefficient (Wildman–Crippen LogP) is 1.45. The molecule has 1 aliphatic rings. The molecule has 6 heteroatoms. The van der Waals surface area contributed by atoms with Gasteiger partial charge in [-0.2, -0.15) is 0 Å². The molecule has 0 aromatic rings. The van der Waals surface area contributed by atoms with E-state index in [4.69, 9.17) is 15.4 Å². The maximum Gasteiger partial charge on any atom is 0.235 e. The Balaban J connectivity index is 2.78. The van der Waals surface area contributed by atoms with Gasteiger partial charge in [-0.3, -0.25) is 0 Å². The predicted molar refractivity (Wildman–Crippen MR) is 65.3 cm³/mol. The van der Waals surface area contributed by atoms with E-state index in [1.807, 2.05) is 6.92 Å². The fourth-order valence-electron chi connectivity index (χ4n) is 2.36. The highest BCUT2D eigenvalue weighted by Crippen LogP contribution is 2.27. The normalized spacial score (nSPS) is 28.2. The number of halogens is 1. The van der Waals surface area contributed by atoms with Crippen LogP contribution < -0.4 is 0 Å². The Morgan fingerprint density at radius 3 is 2.62 bits per heavy atom. The lowest BCUT2D eigenvalue weighted by molar-refractivity contribution is -0.0687. The summed E-state index contributed by atoms with van der Waals surface area (Å²) >= 11 is 0. The molecule has 1 rings (SSSR count). The number of rotatable bonds is 5. The van der Waals surface area contributed by atoms with Gasteiger partial charge >= 0.3 is 0 Å². The van der Waals surface area contributed by atoms with Gasteiger partial charge in [0.25, 0.3) is 0 Å². The number of likely N-dealkylation sites (tertiary alicyclic amines) is 1. The maximum atomic E-state index is 11.2. The number of hydrogen-bond donors (Lipinski definition) is 0. The van der Waals surface area contributed by atoms with E-state index in [0.29, 0.717) is 13.2 Å². The standard InChI is InChI=1S/C10H20ClNO3S/c1-3-12-7-5-6-10(8-12,15-4-2)9-16(11,13)14/h3-9H2,1-2H3. The molecule has 4 nitrogen and oxygen atoms in total. The Kier molecular flexibility index (Phi) is 5.04. The Morgan fingerprint density at radius 2 is 2.12 bits per heavy atom. The van der Waals surface area contributed by atoms with Crippen molar-refractivity contribution in [1.29, 1.82) is 0 Å². The third-order valence-corrected chi connectivity index (χ3v) is 4.15. The van der Waals surface area contributed by atoms with Crippen molar-refractivity contribution < 1.29 is 13.2 Å². The fraction of sp³-hybridized carbons (Fsp3) is 1.00. The smallest absolute Gasteiger partial charge is 0.235 e. The molecule has 0 N–H and O–H groups in total.